The zero-order valence-corrected chi connectivity index (χ0v) is 11.0. The van der Waals surface area contributed by atoms with Gasteiger partial charge in [-0.2, -0.15) is 0 Å². The number of hydrogen-bond acceptors (Lipinski definition) is 6. The number of nitro groups is 1. The molecule has 1 N–H and O–H groups in total. The van der Waals surface area contributed by atoms with Gasteiger partial charge in [-0.15, -0.1) is 0 Å². The number of phenolic OH excluding ortho intramolecular Hbond substituents is 1. The van der Waals surface area contributed by atoms with Gasteiger partial charge in [0.2, 0.25) is 0 Å². The van der Waals surface area contributed by atoms with Crippen LogP contribution in [0.15, 0.2) is 40.8 Å². The molecule has 0 aliphatic carbocycles. The lowest BCUT2D eigenvalue weighted by atomic mass is 10.1. The zero-order valence-electron chi connectivity index (χ0n) is 11.0. The molecule has 21 heavy (non-hydrogen) atoms. The molecule has 1 aromatic carbocycles. The summed E-state index contributed by atoms with van der Waals surface area (Å²) in [4.78, 5) is 21.7. The van der Waals surface area contributed by atoms with E-state index in [1.54, 1.807) is 0 Å². The van der Waals surface area contributed by atoms with E-state index in [2.05, 4.69) is 0 Å². The van der Waals surface area contributed by atoms with Crippen molar-refractivity contribution in [3.63, 3.8) is 0 Å². The number of furan rings is 1. The molecular formula is C14H11NO6. The molecule has 0 bridgehead atoms. The Morgan fingerprint density at radius 3 is 2.76 bits per heavy atom. The van der Waals surface area contributed by atoms with E-state index in [0.717, 1.165) is 0 Å². The van der Waals surface area contributed by atoms with E-state index in [1.807, 2.05) is 0 Å². The summed E-state index contributed by atoms with van der Waals surface area (Å²) in [6.07, 6.45) is 2.54. The minimum Gasteiger partial charge on any atom is -0.504 e. The lowest BCUT2D eigenvalue weighted by molar-refractivity contribution is -0.402. The number of rotatable bonds is 5. The monoisotopic (exact) mass is 289 g/mol. The summed E-state index contributed by atoms with van der Waals surface area (Å²) >= 11 is 0. The number of hydrogen-bond donors (Lipinski definition) is 1. The molecule has 0 unspecified atom stereocenters. The van der Waals surface area contributed by atoms with Crippen LogP contribution in [0.1, 0.15) is 16.1 Å². The predicted molar refractivity (Wildman–Crippen MR) is 73.4 cm³/mol. The maximum atomic E-state index is 11.9. The fourth-order valence-corrected chi connectivity index (χ4v) is 1.61. The van der Waals surface area contributed by atoms with Gasteiger partial charge in [0.25, 0.3) is 0 Å². The molecule has 0 radical (unpaired) electrons. The molecule has 1 aromatic heterocycles. The Kier molecular flexibility index (Phi) is 4.03. The highest BCUT2D eigenvalue weighted by Crippen LogP contribution is 2.26. The molecule has 7 nitrogen and oxygen atoms in total. The second-order valence-corrected chi connectivity index (χ2v) is 4.02. The number of allylic oxidation sites excluding steroid dienone is 1. The first-order valence-corrected chi connectivity index (χ1v) is 5.85. The average molecular weight is 289 g/mol. The predicted octanol–water partition coefficient (Wildman–Crippen LogP) is 2.80. The maximum absolute atomic E-state index is 11.9. The van der Waals surface area contributed by atoms with Gasteiger partial charge in [-0.05, 0) is 36.4 Å². The number of ketones is 1. The number of nitrogens with zero attached hydrogens (tertiary/aromatic N) is 1. The summed E-state index contributed by atoms with van der Waals surface area (Å²) in [6, 6.07) is 6.77. The summed E-state index contributed by atoms with van der Waals surface area (Å²) in [7, 11) is 1.38. The normalized spacial score (nSPS) is 10.7. The molecule has 0 fully saturated rings. The Morgan fingerprint density at radius 1 is 1.38 bits per heavy atom. The molecule has 2 aromatic rings. The van der Waals surface area contributed by atoms with E-state index >= 15 is 0 Å². The molecule has 1 heterocycles. The second kappa shape index (κ2) is 5.91. The molecule has 0 aliphatic heterocycles. The van der Waals surface area contributed by atoms with E-state index in [0.29, 0.717) is 5.56 Å². The van der Waals surface area contributed by atoms with E-state index < -0.39 is 10.8 Å². The van der Waals surface area contributed by atoms with Crippen molar-refractivity contribution >= 4 is 17.7 Å². The summed E-state index contributed by atoms with van der Waals surface area (Å²) < 4.78 is 9.80. The van der Waals surface area contributed by atoms with Crippen LogP contribution in [0.25, 0.3) is 6.08 Å². The number of methoxy groups -OCH3 is 1. The Hall–Kier alpha value is -3.09. The van der Waals surface area contributed by atoms with Gasteiger partial charge in [0, 0.05) is 5.56 Å². The number of ether oxygens (including phenoxy) is 1. The minimum absolute atomic E-state index is 0.0697. The average Bonchev–Trinajstić information content (AvgIpc) is 2.94. The second-order valence-electron chi connectivity index (χ2n) is 4.02. The van der Waals surface area contributed by atoms with Crippen LogP contribution in [0.5, 0.6) is 11.5 Å². The molecule has 0 atom stereocenters. The fourth-order valence-electron chi connectivity index (χ4n) is 1.61. The highest BCUT2D eigenvalue weighted by atomic mass is 16.6. The molecule has 2 rings (SSSR count). The Morgan fingerprint density at radius 2 is 2.14 bits per heavy atom. The van der Waals surface area contributed by atoms with Gasteiger partial charge in [0.15, 0.2) is 17.3 Å². The third kappa shape index (κ3) is 3.27. The minimum atomic E-state index is -0.663. The summed E-state index contributed by atoms with van der Waals surface area (Å²) in [5.74, 6) is -0.441. The molecule has 0 saturated carbocycles. The Balaban J connectivity index is 2.16. The first kappa shape index (κ1) is 14.3. The van der Waals surface area contributed by atoms with Crippen LogP contribution in [-0.2, 0) is 0 Å². The highest BCUT2D eigenvalue weighted by molar-refractivity contribution is 6.07. The van der Waals surface area contributed by atoms with Crippen LogP contribution in [-0.4, -0.2) is 22.9 Å². The van der Waals surface area contributed by atoms with Crippen LogP contribution >= 0.6 is 0 Å². The number of carbonyl (C=O) groups is 1. The van der Waals surface area contributed by atoms with Crippen LogP contribution in [0.2, 0.25) is 0 Å². The topological polar surface area (TPSA) is 103 Å². The van der Waals surface area contributed by atoms with Gasteiger partial charge in [-0.25, -0.2) is 0 Å². The van der Waals surface area contributed by atoms with Crippen molar-refractivity contribution in [3.8, 4) is 11.5 Å². The lowest BCUT2D eigenvalue weighted by Crippen LogP contribution is -1.95. The van der Waals surface area contributed by atoms with Crippen LogP contribution < -0.4 is 4.74 Å². The van der Waals surface area contributed by atoms with Crippen molar-refractivity contribution in [1.82, 2.24) is 0 Å². The summed E-state index contributed by atoms with van der Waals surface area (Å²) in [5.41, 5.74) is 0.307. The van der Waals surface area contributed by atoms with Crippen molar-refractivity contribution in [3.05, 3.63) is 57.8 Å². The van der Waals surface area contributed by atoms with Gasteiger partial charge in [-0.3, -0.25) is 14.9 Å². The number of aromatic hydroxyl groups is 1. The molecule has 7 heteroatoms. The quantitative estimate of drug-likeness (QED) is 0.393. The standard InChI is InChI=1S/C14H11NO6/c1-20-13-8-9(2-5-12(13)17)11(16)6-3-10-4-7-14(21-10)15(18)19/h2-8,17H,1H3/b6-3-. The number of phenols is 1. The zero-order chi connectivity index (χ0) is 15.4. The smallest absolute Gasteiger partial charge is 0.433 e. The third-order valence-electron chi connectivity index (χ3n) is 2.66. The van der Waals surface area contributed by atoms with E-state index in [4.69, 9.17) is 9.15 Å². The Bertz CT molecular complexity index is 716. The first-order valence-electron chi connectivity index (χ1n) is 5.85. The van der Waals surface area contributed by atoms with E-state index in [-0.39, 0.29) is 23.0 Å². The van der Waals surface area contributed by atoms with Gasteiger partial charge in [0.1, 0.15) is 10.7 Å². The highest BCUT2D eigenvalue weighted by Gasteiger charge is 2.11. The van der Waals surface area contributed by atoms with Crippen molar-refractivity contribution in [2.75, 3.05) is 7.11 Å². The lowest BCUT2D eigenvalue weighted by Gasteiger charge is -2.04. The molecule has 0 amide bonds. The summed E-state index contributed by atoms with van der Waals surface area (Å²) in [5, 5.41) is 19.9. The Labute approximate surface area is 119 Å². The van der Waals surface area contributed by atoms with Crippen LogP contribution in [0.3, 0.4) is 0 Å². The fraction of sp³-hybridized carbons (Fsp3) is 0.0714. The van der Waals surface area contributed by atoms with E-state index in [9.17, 15) is 20.0 Å². The first-order chi connectivity index (χ1) is 10.0. The van der Waals surface area contributed by atoms with Crippen molar-refractivity contribution in [1.29, 1.82) is 0 Å². The van der Waals surface area contributed by atoms with Crippen LogP contribution in [0.4, 0.5) is 5.88 Å². The maximum Gasteiger partial charge on any atom is 0.433 e. The van der Waals surface area contributed by atoms with Crippen LogP contribution in [0, 0.1) is 10.1 Å². The SMILES string of the molecule is COc1cc(C(=O)/C=C\c2ccc([N+](=O)[O-])o2)ccc1O. The molecule has 0 saturated heterocycles. The summed E-state index contributed by atoms with van der Waals surface area (Å²) in [6.45, 7) is 0. The van der Waals surface area contributed by atoms with Gasteiger partial charge in [-0.1, -0.05) is 0 Å². The van der Waals surface area contributed by atoms with Gasteiger partial charge in [0.05, 0.1) is 13.2 Å². The molecule has 108 valence electrons. The van der Waals surface area contributed by atoms with E-state index in [1.165, 1.54) is 49.6 Å². The third-order valence-corrected chi connectivity index (χ3v) is 2.66. The molecule has 0 spiro atoms. The van der Waals surface area contributed by atoms with Gasteiger partial charge < -0.3 is 14.3 Å². The molecular weight excluding hydrogens is 278 g/mol. The number of carbonyl (C=O) groups excluding carboxylic acids is 1. The van der Waals surface area contributed by atoms with Crippen molar-refractivity contribution < 1.29 is 24.0 Å². The van der Waals surface area contributed by atoms with Crippen molar-refractivity contribution in [2.24, 2.45) is 0 Å². The largest absolute Gasteiger partial charge is 0.504 e. The van der Waals surface area contributed by atoms with Gasteiger partial charge >= 0.3 is 5.88 Å². The number of benzene rings is 1. The van der Waals surface area contributed by atoms with Crippen molar-refractivity contribution in [2.45, 2.75) is 0 Å². The molecule has 0 aliphatic rings.